The maximum absolute atomic E-state index is 14.8. The van der Waals surface area contributed by atoms with Crippen LogP contribution in [0.5, 0.6) is 11.8 Å². The second-order valence-corrected chi connectivity index (χ2v) is 8.06. The van der Waals surface area contributed by atoms with Crippen LogP contribution in [-0.2, 0) is 0 Å². The molecule has 0 fully saturated rings. The molecule has 6 nitrogen and oxygen atoms in total. The van der Waals surface area contributed by atoms with E-state index in [0.29, 0.717) is 51.8 Å². The molecular formula is C26H17Cl2FN2O4. The summed E-state index contributed by atoms with van der Waals surface area (Å²) >= 11 is 13.5. The predicted molar refractivity (Wildman–Crippen MR) is 132 cm³/mol. The summed E-state index contributed by atoms with van der Waals surface area (Å²) < 4.78 is 25.1. The predicted octanol–water partition coefficient (Wildman–Crippen LogP) is 6.57. The van der Waals surface area contributed by atoms with Gasteiger partial charge in [0.25, 0.3) is 0 Å². The SMILES string of the molecule is COc1nc(-c2cccc(-c3cc(F)cc(-c4ccc(C=O)c(OC)n4)c3Cl)c2Cl)ccc1C=O. The van der Waals surface area contributed by atoms with Gasteiger partial charge in [-0.1, -0.05) is 41.4 Å². The average molecular weight is 511 g/mol. The minimum atomic E-state index is -0.559. The molecule has 35 heavy (non-hydrogen) atoms. The Morgan fingerprint density at radius 2 is 1.20 bits per heavy atom. The molecule has 0 spiro atoms. The molecule has 0 aliphatic rings. The monoisotopic (exact) mass is 510 g/mol. The molecule has 0 bridgehead atoms. The van der Waals surface area contributed by atoms with Crippen LogP contribution in [0.25, 0.3) is 33.6 Å². The number of ether oxygens (including phenoxy) is 2. The number of halogens is 3. The lowest BCUT2D eigenvalue weighted by Gasteiger charge is -2.15. The van der Waals surface area contributed by atoms with Crippen LogP contribution in [-0.4, -0.2) is 36.8 Å². The van der Waals surface area contributed by atoms with E-state index >= 15 is 0 Å². The van der Waals surface area contributed by atoms with Crippen molar-refractivity contribution < 1.29 is 23.5 Å². The zero-order chi connectivity index (χ0) is 25.1. The average Bonchev–Trinajstić information content (AvgIpc) is 2.89. The summed E-state index contributed by atoms with van der Waals surface area (Å²) in [6.07, 6.45) is 1.26. The summed E-state index contributed by atoms with van der Waals surface area (Å²) in [4.78, 5) is 31.1. The Balaban J connectivity index is 1.87. The normalized spacial score (nSPS) is 10.7. The third-order valence-electron chi connectivity index (χ3n) is 5.30. The number of hydrogen-bond acceptors (Lipinski definition) is 6. The fourth-order valence-corrected chi connectivity index (χ4v) is 4.25. The molecule has 0 aliphatic heterocycles. The van der Waals surface area contributed by atoms with Gasteiger partial charge in [-0.2, -0.15) is 0 Å². The quantitative estimate of drug-likeness (QED) is 0.262. The third-order valence-corrected chi connectivity index (χ3v) is 6.11. The third kappa shape index (κ3) is 4.60. The smallest absolute Gasteiger partial charge is 0.224 e. The molecule has 0 amide bonds. The first-order valence-corrected chi connectivity index (χ1v) is 11.0. The highest BCUT2D eigenvalue weighted by molar-refractivity contribution is 6.39. The minimum absolute atomic E-state index is 0.0956. The van der Waals surface area contributed by atoms with Crippen LogP contribution >= 0.6 is 23.2 Å². The maximum atomic E-state index is 14.8. The summed E-state index contributed by atoms with van der Waals surface area (Å²) in [5.41, 5.74) is 2.97. The summed E-state index contributed by atoms with van der Waals surface area (Å²) in [6.45, 7) is 0. The second-order valence-electron chi connectivity index (χ2n) is 7.31. The Kier molecular flexibility index (Phi) is 7.10. The van der Waals surface area contributed by atoms with Crippen LogP contribution < -0.4 is 9.47 Å². The molecule has 0 aliphatic carbocycles. The Morgan fingerprint density at radius 3 is 1.74 bits per heavy atom. The van der Waals surface area contributed by atoms with Crippen LogP contribution in [0.15, 0.2) is 54.6 Å². The van der Waals surface area contributed by atoms with Gasteiger partial charge < -0.3 is 9.47 Å². The molecule has 0 unspecified atom stereocenters. The van der Waals surface area contributed by atoms with Crippen LogP contribution in [0, 0.1) is 5.82 Å². The van der Waals surface area contributed by atoms with Gasteiger partial charge in [0.15, 0.2) is 12.6 Å². The van der Waals surface area contributed by atoms with Gasteiger partial charge in [-0.15, -0.1) is 0 Å². The first-order chi connectivity index (χ1) is 16.9. The van der Waals surface area contributed by atoms with Crippen molar-refractivity contribution in [1.29, 1.82) is 0 Å². The van der Waals surface area contributed by atoms with Crippen molar-refractivity contribution >= 4 is 35.8 Å². The topological polar surface area (TPSA) is 78.4 Å². The lowest BCUT2D eigenvalue weighted by Crippen LogP contribution is -1.98. The highest BCUT2D eigenvalue weighted by Crippen LogP contribution is 2.43. The molecule has 176 valence electrons. The summed E-state index contributed by atoms with van der Waals surface area (Å²) in [5.74, 6) is -0.307. The number of pyridine rings is 2. The molecule has 2 aromatic heterocycles. The number of nitrogens with zero attached hydrogens (tertiary/aromatic N) is 2. The molecule has 0 saturated heterocycles. The van der Waals surface area contributed by atoms with Gasteiger partial charge in [0.2, 0.25) is 11.8 Å². The Labute approximate surface area is 210 Å². The van der Waals surface area contributed by atoms with Gasteiger partial charge in [0.05, 0.1) is 46.8 Å². The van der Waals surface area contributed by atoms with Gasteiger partial charge in [0, 0.05) is 22.3 Å². The molecule has 0 atom stereocenters. The van der Waals surface area contributed by atoms with E-state index in [4.69, 9.17) is 32.7 Å². The zero-order valence-corrected chi connectivity index (χ0v) is 20.0. The number of carbonyl (C=O) groups excluding carboxylic acids is 2. The summed E-state index contributed by atoms with van der Waals surface area (Å²) in [6, 6.07) is 14.0. The van der Waals surface area contributed by atoms with E-state index in [1.807, 2.05) is 0 Å². The van der Waals surface area contributed by atoms with Crippen LogP contribution in [0.4, 0.5) is 4.39 Å². The van der Waals surface area contributed by atoms with Crippen molar-refractivity contribution in [3.05, 3.63) is 81.6 Å². The molecule has 0 N–H and O–H groups in total. The highest BCUT2D eigenvalue weighted by atomic mass is 35.5. The van der Waals surface area contributed by atoms with E-state index in [-0.39, 0.29) is 27.4 Å². The maximum Gasteiger partial charge on any atom is 0.224 e. The number of methoxy groups -OCH3 is 2. The van der Waals surface area contributed by atoms with Crippen molar-refractivity contribution in [3.63, 3.8) is 0 Å². The van der Waals surface area contributed by atoms with Crippen LogP contribution in [0.3, 0.4) is 0 Å². The van der Waals surface area contributed by atoms with E-state index in [1.165, 1.54) is 32.4 Å². The van der Waals surface area contributed by atoms with E-state index in [0.717, 1.165) is 0 Å². The molecule has 9 heteroatoms. The summed E-state index contributed by atoms with van der Waals surface area (Å²) in [7, 11) is 2.80. The van der Waals surface area contributed by atoms with Crippen molar-refractivity contribution in [2.75, 3.05) is 14.2 Å². The highest BCUT2D eigenvalue weighted by Gasteiger charge is 2.19. The van der Waals surface area contributed by atoms with E-state index in [9.17, 15) is 14.0 Å². The van der Waals surface area contributed by atoms with Gasteiger partial charge >= 0.3 is 0 Å². The Hall–Kier alpha value is -3.81. The fraction of sp³-hybridized carbons (Fsp3) is 0.0769. The Bertz CT molecular complexity index is 1460. The van der Waals surface area contributed by atoms with Gasteiger partial charge in [-0.25, -0.2) is 14.4 Å². The second kappa shape index (κ2) is 10.2. The molecule has 0 saturated carbocycles. The molecule has 2 aromatic carbocycles. The lowest BCUT2D eigenvalue weighted by atomic mass is 9.97. The zero-order valence-electron chi connectivity index (χ0n) is 18.5. The van der Waals surface area contributed by atoms with Crippen LogP contribution in [0.1, 0.15) is 20.7 Å². The number of aromatic nitrogens is 2. The summed E-state index contributed by atoms with van der Waals surface area (Å²) in [5, 5.41) is 0.488. The number of hydrogen-bond donors (Lipinski definition) is 0. The molecule has 4 aromatic rings. The number of carbonyl (C=O) groups is 2. The standard InChI is InChI=1S/C26H17Cl2FN2O4/c1-34-25-14(12-32)6-8-21(30-25)18-5-3-4-17(23(18)27)19-10-16(29)11-20(24(19)28)22-9-7-15(13-33)26(31-22)35-2/h3-13H,1-2H3. The van der Waals surface area contributed by atoms with Gasteiger partial charge in [-0.05, 0) is 36.4 Å². The largest absolute Gasteiger partial charge is 0.480 e. The van der Waals surface area contributed by atoms with Gasteiger partial charge in [-0.3, -0.25) is 9.59 Å². The van der Waals surface area contributed by atoms with E-state index < -0.39 is 5.82 Å². The molecule has 2 heterocycles. The number of rotatable bonds is 7. The van der Waals surface area contributed by atoms with Crippen LogP contribution in [0.2, 0.25) is 10.0 Å². The lowest BCUT2D eigenvalue weighted by molar-refractivity contribution is 0.111. The number of benzene rings is 2. The molecule has 4 rings (SSSR count). The number of aldehydes is 2. The first-order valence-electron chi connectivity index (χ1n) is 10.2. The van der Waals surface area contributed by atoms with Crippen molar-refractivity contribution in [1.82, 2.24) is 9.97 Å². The van der Waals surface area contributed by atoms with Crippen molar-refractivity contribution in [3.8, 4) is 45.4 Å². The molecular weight excluding hydrogens is 494 g/mol. The minimum Gasteiger partial charge on any atom is -0.480 e. The van der Waals surface area contributed by atoms with Gasteiger partial charge in [0.1, 0.15) is 5.82 Å². The fourth-order valence-electron chi connectivity index (χ4n) is 3.62. The first kappa shape index (κ1) is 24.3. The molecule has 0 radical (unpaired) electrons. The van der Waals surface area contributed by atoms with Crippen molar-refractivity contribution in [2.24, 2.45) is 0 Å². The Morgan fingerprint density at radius 1 is 0.714 bits per heavy atom. The van der Waals surface area contributed by atoms with E-state index in [1.54, 1.807) is 36.4 Å². The van der Waals surface area contributed by atoms with E-state index in [2.05, 4.69) is 9.97 Å². The van der Waals surface area contributed by atoms with Crippen molar-refractivity contribution in [2.45, 2.75) is 0 Å².